The van der Waals surface area contributed by atoms with Gasteiger partial charge >= 0.3 is 0 Å². The Bertz CT molecular complexity index is 617. The maximum absolute atomic E-state index is 12.8. The van der Waals surface area contributed by atoms with E-state index in [0.29, 0.717) is 5.56 Å². The summed E-state index contributed by atoms with van der Waals surface area (Å²) >= 11 is 1.62. The Kier molecular flexibility index (Phi) is 7.26. The van der Waals surface area contributed by atoms with Crippen LogP contribution in [0, 0.1) is 11.8 Å². The molecular weight excluding hydrogens is 306 g/mol. The molecule has 1 atom stereocenters. The number of aliphatic hydroxyl groups excluding tert-OH is 1. The van der Waals surface area contributed by atoms with E-state index in [1.165, 1.54) is 4.31 Å². The maximum Gasteiger partial charge on any atom is 0.244 e. The number of thioether (sulfide) groups is 1. The van der Waals surface area contributed by atoms with Gasteiger partial charge in [0, 0.05) is 24.4 Å². The standard InChI is InChI=1S/C15H21NO3S2/c1-4-14(12-20-3)16(2)21(18,19)15-10-6-5-8-13(15)9-7-11-17/h5-6,8,10,14,17H,4,11-12H2,1-3H3. The first kappa shape index (κ1) is 18.1. The molecule has 0 amide bonds. The van der Waals surface area contributed by atoms with Crippen LogP contribution in [0.15, 0.2) is 29.2 Å². The molecule has 116 valence electrons. The van der Waals surface area contributed by atoms with Crippen LogP contribution in [0.3, 0.4) is 0 Å². The first-order valence-electron chi connectivity index (χ1n) is 6.64. The number of benzene rings is 1. The van der Waals surface area contributed by atoms with E-state index >= 15 is 0 Å². The number of hydrogen-bond acceptors (Lipinski definition) is 4. The Morgan fingerprint density at radius 1 is 1.38 bits per heavy atom. The minimum Gasteiger partial charge on any atom is -0.384 e. The molecule has 0 bridgehead atoms. The van der Waals surface area contributed by atoms with Crippen molar-refractivity contribution in [3.63, 3.8) is 0 Å². The molecule has 1 rings (SSSR count). The van der Waals surface area contributed by atoms with Gasteiger partial charge in [-0.25, -0.2) is 8.42 Å². The van der Waals surface area contributed by atoms with Gasteiger partial charge < -0.3 is 5.11 Å². The van der Waals surface area contributed by atoms with Crippen molar-refractivity contribution >= 4 is 21.8 Å². The van der Waals surface area contributed by atoms with Crippen LogP contribution < -0.4 is 0 Å². The zero-order valence-electron chi connectivity index (χ0n) is 12.5. The third-order valence-electron chi connectivity index (χ3n) is 3.19. The first-order chi connectivity index (χ1) is 9.98. The Morgan fingerprint density at radius 2 is 2.05 bits per heavy atom. The van der Waals surface area contributed by atoms with E-state index in [0.717, 1.165) is 12.2 Å². The quantitative estimate of drug-likeness (QED) is 0.810. The smallest absolute Gasteiger partial charge is 0.244 e. The van der Waals surface area contributed by atoms with Crippen LogP contribution in [-0.2, 0) is 10.0 Å². The molecular formula is C15H21NO3S2. The Morgan fingerprint density at radius 3 is 2.62 bits per heavy atom. The number of hydrogen-bond donors (Lipinski definition) is 1. The van der Waals surface area contributed by atoms with Gasteiger partial charge in [0.05, 0.1) is 4.90 Å². The summed E-state index contributed by atoms with van der Waals surface area (Å²) in [6, 6.07) is 6.57. The van der Waals surface area contributed by atoms with E-state index in [1.807, 2.05) is 13.2 Å². The van der Waals surface area contributed by atoms with Gasteiger partial charge in [0.1, 0.15) is 6.61 Å². The molecule has 1 aromatic rings. The van der Waals surface area contributed by atoms with Gasteiger partial charge in [-0.3, -0.25) is 0 Å². The molecule has 21 heavy (non-hydrogen) atoms. The van der Waals surface area contributed by atoms with E-state index < -0.39 is 10.0 Å². The molecule has 0 aromatic heterocycles. The largest absolute Gasteiger partial charge is 0.384 e. The highest BCUT2D eigenvalue weighted by Gasteiger charge is 2.28. The molecule has 0 saturated heterocycles. The zero-order chi connectivity index (χ0) is 15.9. The molecule has 0 heterocycles. The summed E-state index contributed by atoms with van der Waals surface area (Å²) in [5.41, 5.74) is 0.414. The highest BCUT2D eigenvalue weighted by Crippen LogP contribution is 2.22. The third kappa shape index (κ3) is 4.48. The van der Waals surface area contributed by atoms with Crippen LogP contribution in [0.2, 0.25) is 0 Å². The fourth-order valence-corrected chi connectivity index (χ4v) is 4.47. The fourth-order valence-electron chi connectivity index (χ4n) is 1.95. The average molecular weight is 327 g/mol. The van der Waals surface area contributed by atoms with Crippen molar-refractivity contribution in [2.24, 2.45) is 0 Å². The van der Waals surface area contributed by atoms with Gasteiger partial charge in [-0.15, -0.1) is 0 Å². The molecule has 1 aromatic carbocycles. The Balaban J connectivity index is 3.24. The molecule has 0 spiro atoms. The lowest BCUT2D eigenvalue weighted by Crippen LogP contribution is -2.38. The van der Waals surface area contributed by atoms with E-state index in [4.69, 9.17) is 5.11 Å². The summed E-state index contributed by atoms with van der Waals surface area (Å²) in [6.45, 7) is 1.68. The normalized spacial score (nSPS) is 12.8. The SMILES string of the molecule is CCC(CSC)N(C)S(=O)(=O)c1ccccc1C#CCO. The minimum atomic E-state index is -3.60. The van der Waals surface area contributed by atoms with Crippen molar-refractivity contribution in [2.75, 3.05) is 25.7 Å². The fraction of sp³-hybridized carbons (Fsp3) is 0.467. The lowest BCUT2D eigenvalue weighted by atomic mass is 10.2. The van der Waals surface area contributed by atoms with E-state index in [9.17, 15) is 8.42 Å². The predicted octanol–water partition coefficient (Wildman–Crippen LogP) is 1.79. The monoisotopic (exact) mass is 327 g/mol. The third-order valence-corrected chi connectivity index (χ3v) is 5.88. The maximum atomic E-state index is 12.8. The van der Waals surface area contributed by atoms with Crippen molar-refractivity contribution in [3.05, 3.63) is 29.8 Å². The van der Waals surface area contributed by atoms with Crippen LogP contribution in [-0.4, -0.2) is 49.5 Å². The molecule has 0 fully saturated rings. The number of aliphatic hydroxyl groups is 1. The van der Waals surface area contributed by atoms with Crippen LogP contribution >= 0.6 is 11.8 Å². The van der Waals surface area contributed by atoms with Crippen molar-refractivity contribution in [2.45, 2.75) is 24.3 Å². The molecule has 0 saturated carbocycles. The lowest BCUT2D eigenvalue weighted by molar-refractivity contribution is 0.350. The summed E-state index contributed by atoms with van der Waals surface area (Å²) in [4.78, 5) is 0.188. The Hall–Kier alpha value is -1.00. The number of nitrogens with zero attached hydrogens (tertiary/aromatic N) is 1. The summed E-state index contributed by atoms with van der Waals surface area (Å²) < 4.78 is 27.0. The molecule has 1 unspecified atom stereocenters. The van der Waals surface area contributed by atoms with Gasteiger partial charge in [-0.05, 0) is 24.8 Å². The van der Waals surface area contributed by atoms with Crippen molar-refractivity contribution < 1.29 is 13.5 Å². The van der Waals surface area contributed by atoms with Gasteiger partial charge in [0.15, 0.2) is 0 Å². The molecule has 0 radical (unpaired) electrons. The average Bonchev–Trinajstić information content (AvgIpc) is 2.50. The van der Waals surface area contributed by atoms with E-state index in [2.05, 4.69) is 11.8 Å². The van der Waals surface area contributed by atoms with E-state index in [1.54, 1.807) is 43.1 Å². The molecule has 6 heteroatoms. The van der Waals surface area contributed by atoms with Gasteiger partial charge in [-0.2, -0.15) is 16.1 Å². The summed E-state index contributed by atoms with van der Waals surface area (Å²) in [5.74, 6) is 5.95. The molecule has 1 N–H and O–H groups in total. The summed E-state index contributed by atoms with van der Waals surface area (Å²) in [6.07, 6.45) is 2.71. The van der Waals surface area contributed by atoms with Crippen molar-refractivity contribution in [1.82, 2.24) is 4.31 Å². The zero-order valence-corrected chi connectivity index (χ0v) is 14.2. The Labute approximate surface area is 131 Å². The highest BCUT2D eigenvalue weighted by molar-refractivity contribution is 7.98. The second-order valence-electron chi connectivity index (χ2n) is 4.49. The molecule has 0 aliphatic rings. The molecule has 0 aliphatic carbocycles. The number of rotatable bonds is 6. The van der Waals surface area contributed by atoms with Crippen molar-refractivity contribution in [1.29, 1.82) is 0 Å². The lowest BCUT2D eigenvalue weighted by Gasteiger charge is -2.26. The predicted molar refractivity (Wildman–Crippen MR) is 87.8 cm³/mol. The summed E-state index contributed by atoms with van der Waals surface area (Å²) in [7, 11) is -1.99. The van der Waals surface area contributed by atoms with Gasteiger partial charge in [0.2, 0.25) is 10.0 Å². The highest BCUT2D eigenvalue weighted by atomic mass is 32.2. The first-order valence-corrected chi connectivity index (χ1v) is 9.48. The molecule has 4 nitrogen and oxygen atoms in total. The topological polar surface area (TPSA) is 57.6 Å². The second kappa shape index (κ2) is 8.44. The molecule has 0 aliphatic heterocycles. The van der Waals surface area contributed by atoms with Crippen LogP contribution in [0.1, 0.15) is 18.9 Å². The van der Waals surface area contributed by atoms with Crippen molar-refractivity contribution in [3.8, 4) is 11.8 Å². The van der Waals surface area contributed by atoms with Crippen LogP contribution in [0.4, 0.5) is 0 Å². The summed E-state index contributed by atoms with van der Waals surface area (Å²) in [5, 5.41) is 8.79. The second-order valence-corrected chi connectivity index (χ2v) is 7.37. The number of sulfonamides is 1. The van der Waals surface area contributed by atoms with Gasteiger partial charge in [0.25, 0.3) is 0 Å². The van der Waals surface area contributed by atoms with E-state index in [-0.39, 0.29) is 17.5 Å². The van der Waals surface area contributed by atoms with Gasteiger partial charge in [-0.1, -0.05) is 30.9 Å². The minimum absolute atomic E-state index is 0.0520. The van der Waals surface area contributed by atoms with Crippen LogP contribution in [0.25, 0.3) is 0 Å². The van der Waals surface area contributed by atoms with Crippen LogP contribution in [0.5, 0.6) is 0 Å².